The van der Waals surface area contributed by atoms with Crippen LogP contribution in [0.1, 0.15) is 16.1 Å². The van der Waals surface area contributed by atoms with Crippen LogP contribution in [0.25, 0.3) is 38.3 Å². The van der Waals surface area contributed by atoms with Gasteiger partial charge < -0.3 is 5.32 Å². The first-order valence-electron chi connectivity index (χ1n) is 12.1. The molecule has 0 aliphatic heterocycles. The molecule has 196 valence electrons. The van der Waals surface area contributed by atoms with Gasteiger partial charge in [-0.3, -0.25) is 9.59 Å². The smallest absolute Gasteiger partial charge is 0.276 e. The molecule has 0 radical (unpaired) electrons. The van der Waals surface area contributed by atoms with E-state index in [2.05, 4.69) is 20.4 Å². The molecule has 0 bridgehead atoms. The van der Waals surface area contributed by atoms with Crippen LogP contribution in [-0.2, 0) is 0 Å². The fraction of sp³-hybridized carbons (Fsp3) is 0.0333. The summed E-state index contributed by atoms with van der Waals surface area (Å²) in [5.41, 5.74) is 2.57. The number of nitrogens with one attached hydrogen (secondary N) is 1. The highest BCUT2D eigenvalue weighted by Crippen LogP contribution is 2.37. The van der Waals surface area contributed by atoms with E-state index in [1.165, 1.54) is 48.0 Å². The molecule has 0 aliphatic rings. The third-order valence-electron chi connectivity index (χ3n) is 6.35. The number of amides is 1. The Balaban J connectivity index is 1.32. The number of hydrogen-bond acceptors (Lipinski definition) is 6. The number of carbonyl (C=O) groups excluding carboxylic acids is 1. The van der Waals surface area contributed by atoms with Gasteiger partial charge in [0, 0.05) is 28.3 Å². The molecule has 1 N–H and O–H groups in total. The summed E-state index contributed by atoms with van der Waals surface area (Å²) in [6, 6.07) is 20.3. The van der Waals surface area contributed by atoms with Gasteiger partial charge in [-0.2, -0.15) is 9.78 Å². The van der Waals surface area contributed by atoms with E-state index in [-0.39, 0.29) is 17.1 Å². The molecule has 0 spiro atoms. The second-order valence-corrected chi connectivity index (χ2v) is 9.86. The van der Waals surface area contributed by atoms with Gasteiger partial charge in [-0.15, -0.1) is 11.3 Å². The number of aryl methyl sites for hydroxylation is 1. The van der Waals surface area contributed by atoms with Crippen LogP contribution < -0.4 is 10.9 Å². The summed E-state index contributed by atoms with van der Waals surface area (Å²) < 4.78 is 30.2. The van der Waals surface area contributed by atoms with Gasteiger partial charge in [-0.25, -0.2) is 18.7 Å². The summed E-state index contributed by atoms with van der Waals surface area (Å²) in [6.45, 7) is 1.57. The van der Waals surface area contributed by atoms with Gasteiger partial charge in [0.15, 0.2) is 5.69 Å². The topological polar surface area (TPSA) is 89.8 Å². The molecule has 6 aromatic rings. The van der Waals surface area contributed by atoms with Crippen LogP contribution in [0.3, 0.4) is 0 Å². The lowest BCUT2D eigenvalue weighted by atomic mass is 9.96. The Bertz CT molecular complexity index is 1990. The largest absolute Gasteiger partial charge is 0.320 e. The number of carbonyl (C=O) groups is 1. The molecule has 40 heavy (non-hydrogen) atoms. The lowest BCUT2D eigenvalue weighted by Crippen LogP contribution is -2.26. The van der Waals surface area contributed by atoms with Crippen molar-refractivity contribution in [3.8, 4) is 28.1 Å². The van der Waals surface area contributed by atoms with Gasteiger partial charge >= 0.3 is 0 Å². The number of aromatic nitrogens is 4. The Morgan fingerprint density at radius 3 is 2.52 bits per heavy atom. The second-order valence-electron chi connectivity index (χ2n) is 8.96. The lowest BCUT2D eigenvalue weighted by molar-refractivity contribution is 0.102. The van der Waals surface area contributed by atoms with Crippen molar-refractivity contribution in [2.45, 2.75) is 6.92 Å². The molecular formula is C30H19F2N5O2S. The summed E-state index contributed by atoms with van der Waals surface area (Å²) in [6.07, 6.45) is 1.49. The van der Waals surface area contributed by atoms with Gasteiger partial charge in [0.2, 0.25) is 0 Å². The molecular weight excluding hydrogens is 532 g/mol. The number of halogens is 2. The number of thiophene rings is 1. The van der Waals surface area contributed by atoms with Gasteiger partial charge in [0.25, 0.3) is 11.5 Å². The van der Waals surface area contributed by atoms with Crippen molar-refractivity contribution in [3.05, 3.63) is 124 Å². The monoisotopic (exact) mass is 551 g/mol. The summed E-state index contributed by atoms with van der Waals surface area (Å²) in [7, 11) is 0. The molecule has 10 heteroatoms. The Hall–Kier alpha value is -5.09. The Kier molecular flexibility index (Phi) is 6.45. The third-order valence-corrected chi connectivity index (χ3v) is 7.17. The van der Waals surface area contributed by atoms with Crippen LogP contribution in [0, 0.1) is 18.6 Å². The molecule has 7 nitrogen and oxygen atoms in total. The molecule has 0 fully saturated rings. The molecule has 1 amide bonds. The molecule has 0 saturated carbocycles. The van der Waals surface area contributed by atoms with E-state index in [4.69, 9.17) is 0 Å². The molecule has 0 aliphatic carbocycles. The van der Waals surface area contributed by atoms with Crippen molar-refractivity contribution < 1.29 is 13.6 Å². The zero-order chi connectivity index (χ0) is 27.8. The number of fused-ring (bicyclic) bond motifs is 1. The lowest BCUT2D eigenvalue weighted by Gasteiger charge is -2.13. The van der Waals surface area contributed by atoms with E-state index >= 15 is 4.39 Å². The third kappa shape index (κ3) is 4.65. The van der Waals surface area contributed by atoms with Crippen LogP contribution in [-0.4, -0.2) is 25.7 Å². The number of rotatable bonds is 5. The molecule has 3 heterocycles. The second kappa shape index (κ2) is 10.2. The molecule has 0 saturated heterocycles. The Morgan fingerprint density at radius 1 is 0.900 bits per heavy atom. The minimum Gasteiger partial charge on any atom is -0.320 e. The van der Waals surface area contributed by atoms with Gasteiger partial charge in [0.05, 0.1) is 11.4 Å². The van der Waals surface area contributed by atoms with E-state index in [1.807, 2.05) is 35.7 Å². The minimum absolute atomic E-state index is 0.0535. The average molecular weight is 552 g/mol. The van der Waals surface area contributed by atoms with Crippen molar-refractivity contribution in [1.29, 1.82) is 0 Å². The highest BCUT2D eigenvalue weighted by atomic mass is 32.1. The number of nitrogens with zero attached hydrogens (tertiary/aromatic N) is 4. The van der Waals surface area contributed by atoms with E-state index in [1.54, 1.807) is 19.1 Å². The SMILES string of the molecule is Cc1cc(=O)n(-c2cccc(F)c2)nc1C(=O)Nc1ccc(-c2ccccc2-c2ncnc3sccc23)c(F)c1. The average Bonchev–Trinajstić information content (AvgIpc) is 3.43. The number of hydrogen-bond donors (Lipinski definition) is 1. The first-order valence-corrected chi connectivity index (χ1v) is 13.0. The van der Waals surface area contributed by atoms with Crippen LogP contribution in [0.4, 0.5) is 14.5 Å². The van der Waals surface area contributed by atoms with Crippen LogP contribution in [0.15, 0.2) is 95.4 Å². The van der Waals surface area contributed by atoms with Gasteiger partial charge in [-0.05, 0) is 65.9 Å². The fourth-order valence-corrected chi connectivity index (χ4v) is 5.22. The number of anilines is 1. The Labute approximate surface area is 230 Å². The normalized spacial score (nSPS) is 11.1. The highest BCUT2D eigenvalue weighted by molar-refractivity contribution is 7.16. The first kappa shape index (κ1) is 25.2. The van der Waals surface area contributed by atoms with Crippen LogP contribution in [0.5, 0.6) is 0 Å². The summed E-state index contributed by atoms with van der Waals surface area (Å²) in [5.74, 6) is -1.74. The Morgan fingerprint density at radius 2 is 1.73 bits per heavy atom. The zero-order valence-electron chi connectivity index (χ0n) is 20.9. The maximum atomic E-state index is 15.5. The molecule has 0 unspecified atom stereocenters. The highest BCUT2D eigenvalue weighted by Gasteiger charge is 2.18. The standard InChI is InChI=1S/C30H19F2N5O2S/c1-17-13-26(38)37(20-6-4-5-18(31)14-20)36-27(17)29(39)35-19-9-10-22(25(32)15-19)21-7-2-3-8-23(21)28-24-11-12-40-30(24)34-16-33-28/h2-16H,1H3,(H,35,39). The maximum absolute atomic E-state index is 15.5. The molecule has 6 rings (SSSR count). The van der Waals surface area contributed by atoms with E-state index in [0.29, 0.717) is 22.4 Å². The van der Waals surface area contributed by atoms with Crippen LogP contribution >= 0.6 is 11.3 Å². The van der Waals surface area contributed by atoms with E-state index in [0.717, 1.165) is 26.5 Å². The van der Waals surface area contributed by atoms with Crippen molar-refractivity contribution in [2.24, 2.45) is 0 Å². The summed E-state index contributed by atoms with van der Waals surface area (Å²) in [4.78, 5) is 35.2. The quantitative estimate of drug-likeness (QED) is 0.267. The first-order chi connectivity index (χ1) is 19.4. The van der Waals surface area contributed by atoms with Crippen molar-refractivity contribution >= 4 is 33.1 Å². The van der Waals surface area contributed by atoms with Crippen molar-refractivity contribution in [2.75, 3.05) is 5.32 Å². The fourth-order valence-electron chi connectivity index (χ4n) is 4.49. The van der Waals surface area contributed by atoms with E-state index < -0.39 is 23.1 Å². The van der Waals surface area contributed by atoms with Gasteiger partial charge in [0.1, 0.15) is 22.8 Å². The molecule has 3 aromatic carbocycles. The van der Waals surface area contributed by atoms with Crippen LogP contribution in [0.2, 0.25) is 0 Å². The zero-order valence-corrected chi connectivity index (χ0v) is 21.7. The van der Waals surface area contributed by atoms with Gasteiger partial charge in [-0.1, -0.05) is 30.3 Å². The predicted octanol–water partition coefficient (Wildman–Crippen LogP) is 6.41. The van der Waals surface area contributed by atoms with Crippen molar-refractivity contribution in [1.82, 2.24) is 19.7 Å². The molecule has 0 atom stereocenters. The van der Waals surface area contributed by atoms with Crippen molar-refractivity contribution in [3.63, 3.8) is 0 Å². The number of benzene rings is 3. The predicted molar refractivity (Wildman–Crippen MR) is 151 cm³/mol. The van der Waals surface area contributed by atoms with E-state index in [9.17, 15) is 14.0 Å². The maximum Gasteiger partial charge on any atom is 0.276 e. The summed E-state index contributed by atoms with van der Waals surface area (Å²) >= 11 is 1.50. The summed E-state index contributed by atoms with van der Waals surface area (Å²) in [5, 5.41) is 9.61. The minimum atomic E-state index is -0.643. The molecule has 3 aromatic heterocycles.